The summed E-state index contributed by atoms with van der Waals surface area (Å²) in [6.07, 6.45) is 3.18. The normalized spacial score (nSPS) is 10.4. The predicted molar refractivity (Wildman–Crippen MR) is 85.1 cm³/mol. The van der Waals surface area contributed by atoms with Gasteiger partial charge in [-0.3, -0.25) is 19.9 Å². The van der Waals surface area contributed by atoms with Gasteiger partial charge in [-0.05, 0) is 31.2 Å². The van der Waals surface area contributed by atoms with Crippen molar-refractivity contribution < 1.29 is 4.79 Å². The van der Waals surface area contributed by atoms with Gasteiger partial charge in [-0.1, -0.05) is 17.4 Å². The van der Waals surface area contributed by atoms with Crippen molar-refractivity contribution >= 4 is 22.4 Å². The lowest BCUT2D eigenvalue weighted by Gasteiger charge is -1.99. The van der Waals surface area contributed by atoms with Gasteiger partial charge in [0.1, 0.15) is 5.56 Å². The minimum atomic E-state index is -0.483. The van der Waals surface area contributed by atoms with Crippen molar-refractivity contribution in [3.05, 3.63) is 64.3 Å². The lowest BCUT2D eigenvalue weighted by molar-refractivity contribution is 0.102. The van der Waals surface area contributed by atoms with Gasteiger partial charge in [0.15, 0.2) is 5.13 Å². The molecule has 0 atom stereocenters. The standard InChI is InChI=1S/C15H12N4O2S/c1-9-12(11-6-2-3-7-16-11)22-15(18-9)19-14(21)10-5-4-8-17-13(10)20/h2-8H,1H3,(H,17,20)(H,18,19,21). The van der Waals surface area contributed by atoms with Crippen LogP contribution in [0.15, 0.2) is 47.5 Å². The van der Waals surface area contributed by atoms with Crippen LogP contribution in [0, 0.1) is 6.92 Å². The smallest absolute Gasteiger partial charge is 0.263 e. The van der Waals surface area contributed by atoms with Crippen molar-refractivity contribution in [3.8, 4) is 10.6 Å². The van der Waals surface area contributed by atoms with Gasteiger partial charge < -0.3 is 4.98 Å². The molecule has 7 heteroatoms. The Bertz CT molecular complexity index is 871. The highest BCUT2D eigenvalue weighted by molar-refractivity contribution is 7.19. The van der Waals surface area contributed by atoms with Crippen molar-refractivity contribution in [3.63, 3.8) is 0 Å². The Hall–Kier alpha value is -2.80. The van der Waals surface area contributed by atoms with Crippen molar-refractivity contribution in [2.45, 2.75) is 6.92 Å². The van der Waals surface area contributed by atoms with Crippen molar-refractivity contribution in [2.24, 2.45) is 0 Å². The quantitative estimate of drug-likeness (QED) is 0.777. The molecule has 0 aromatic carbocycles. The third-order valence-electron chi connectivity index (χ3n) is 2.98. The Morgan fingerprint density at radius 2 is 2.14 bits per heavy atom. The van der Waals surface area contributed by atoms with E-state index in [0.717, 1.165) is 16.3 Å². The first kappa shape index (κ1) is 14.2. The van der Waals surface area contributed by atoms with E-state index in [0.29, 0.717) is 5.13 Å². The molecule has 0 spiro atoms. The highest BCUT2D eigenvalue weighted by atomic mass is 32.1. The number of aromatic nitrogens is 3. The van der Waals surface area contributed by atoms with E-state index in [9.17, 15) is 9.59 Å². The van der Waals surface area contributed by atoms with Crippen LogP contribution in [0.5, 0.6) is 0 Å². The molecule has 0 aliphatic rings. The highest BCUT2D eigenvalue weighted by Crippen LogP contribution is 2.31. The molecule has 3 rings (SSSR count). The van der Waals surface area contributed by atoms with Gasteiger partial charge in [-0.2, -0.15) is 0 Å². The third kappa shape index (κ3) is 2.79. The molecule has 0 unspecified atom stereocenters. The number of carbonyl (C=O) groups excluding carboxylic acids is 1. The van der Waals surface area contributed by atoms with Gasteiger partial charge in [0.25, 0.3) is 11.5 Å². The van der Waals surface area contributed by atoms with Crippen molar-refractivity contribution in [2.75, 3.05) is 5.32 Å². The van der Waals surface area contributed by atoms with Crippen LogP contribution in [0.2, 0.25) is 0 Å². The molecule has 110 valence electrons. The lowest BCUT2D eigenvalue weighted by atomic mass is 10.2. The van der Waals surface area contributed by atoms with E-state index in [2.05, 4.69) is 20.3 Å². The Morgan fingerprint density at radius 1 is 1.27 bits per heavy atom. The second-order valence-corrected chi connectivity index (χ2v) is 5.51. The topological polar surface area (TPSA) is 87.7 Å². The number of amides is 1. The Labute approximate surface area is 129 Å². The fraction of sp³-hybridized carbons (Fsp3) is 0.0667. The average molecular weight is 312 g/mol. The Kier molecular flexibility index (Phi) is 3.80. The number of hydrogen-bond donors (Lipinski definition) is 2. The molecule has 6 nitrogen and oxygen atoms in total. The monoisotopic (exact) mass is 312 g/mol. The minimum absolute atomic E-state index is 0.0507. The highest BCUT2D eigenvalue weighted by Gasteiger charge is 2.15. The maximum absolute atomic E-state index is 12.1. The van der Waals surface area contributed by atoms with Crippen LogP contribution >= 0.6 is 11.3 Å². The molecule has 0 aliphatic carbocycles. The lowest BCUT2D eigenvalue weighted by Crippen LogP contribution is -2.22. The molecule has 2 N–H and O–H groups in total. The van der Waals surface area contributed by atoms with Crippen LogP contribution in [0.25, 0.3) is 10.6 Å². The summed E-state index contributed by atoms with van der Waals surface area (Å²) in [6.45, 7) is 1.85. The summed E-state index contributed by atoms with van der Waals surface area (Å²) < 4.78 is 0. The largest absolute Gasteiger partial charge is 0.328 e. The first-order valence-corrected chi connectivity index (χ1v) is 7.34. The first-order chi connectivity index (χ1) is 10.6. The van der Waals surface area contributed by atoms with Crippen LogP contribution in [0.3, 0.4) is 0 Å². The molecular formula is C15H12N4O2S. The Morgan fingerprint density at radius 3 is 2.86 bits per heavy atom. The molecular weight excluding hydrogens is 300 g/mol. The molecule has 1 amide bonds. The van der Waals surface area contributed by atoms with E-state index in [-0.39, 0.29) is 5.56 Å². The average Bonchev–Trinajstić information content (AvgIpc) is 2.89. The third-order valence-corrected chi connectivity index (χ3v) is 4.07. The zero-order chi connectivity index (χ0) is 15.5. The number of anilines is 1. The maximum atomic E-state index is 12.1. The molecule has 0 saturated carbocycles. The van der Waals surface area contributed by atoms with Gasteiger partial charge in [-0.15, -0.1) is 0 Å². The molecule has 3 aromatic rings. The van der Waals surface area contributed by atoms with E-state index < -0.39 is 11.5 Å². The van der Waals surface area contributed by atoms with Crippen LogP contribution in [0.1, 0.15) is 16.1 Å². The van der Waals surface area contributed by atoms with Gasteiger partial charge >= 0.3 is 0 Å². The molecule has 3 aromatic heterocycles. The summed E-state index contributed by atoms with van der Waals surface area (Å²) >= 11 is 1.32. The number of pyridine rings is 2. The van der Waals surface area contributed by atoms with E-state index in [1.165, 1.54) is 23.6 Å². The van der Waals surface area contributed by atoms with E-state index in [4.69, 9.17) is 0 Å². The van der Waals surface area contributed by atoms with Crippen molar-refractivity contribution in [1.82, 2.24) is 15.0 Å². The molecule has 0 bridgehead atoms. The minimum Gasteiger partial charge on any atom is -0.328 e. The predicted octanol–water partition coefficient (Wildman–Crippen LogP) is 2.45. The second kappa shape index (κ2) is 5.90. The number of nitrogens with one attached hydrogen (secondary N) is 2. The number of thiazole rings is 1. The SMILES string of the molecule is Cc1nc(NC(=O)c2ccc[nH]c2=O)sc1-c1ccccn1. The molecule has 3 heterocycles. The van der Waals surface area contributed by atoms with E-state index in [1.54, 1.807) is 12.3 Å². The van der Waals surface area contributed by atoms with Crippen molar-refractivity contribution in [1.29, 1.82) is 0 Å². The van der Waals surface area contributed by atoms with Crippen LogP contribution in [0.4, 0.5) is 5.13 Å². The summed E-state index contributed by atoms with van der Waals surface area (Å²) in [5.74, 6) is -0.483. The molecule has 22 heavy (non-hydrogen) atoms. The molecule has 0 aliphatic heterocycles. The molecule has 0 saturated heterocycles. The fourth-order valence-corrected chi connectivity index (χ4v) is 2.89. The summed E-state index contributed by atoms with van der Waals surface area (Å²) in [4.78, 5) is 35.7. The zero-order valence-corrected chi connectivity index (χ0v) is 12.5. The molecule has 0 fully saturated rings. The number of hydrogen-bond acceptors (Lipinski definition) is 5. The van der Waals surface area contributed by atoms with Crippen LogP contribution in [-0.4, -0.2) is 20.9 Å². The zero-order valence-electron chi connectivity index (χ0n) is 11.7. The number of rotatable bonds is 3. The number of carbonyl (C=O) groups is 1. The Balaban J connectivity index is 1.87. The van der Waals surface area contributed by atoms with E-state index >= 15 is 0 Å². The summed E-state index contributed by atoms with van der Waals surface area (Å²) in [5, 5.41) is 3.09. The van der Waals surface area contributed by atoms with E-state index in [1.807, 2.05) is 25.1 Å². The summed E-state index contributed by atoms with van der Waals surface area (Å²) in [6, 6.07) is 8.68. The van der Waals surface area contributed by atoms with Gasteiger partial charge in [0, 0.05) is 12.4 Å². The number of nitrogens with zero attached hydrogens (tertiary/aromatic N) is 2. The van der Waals surface area contributed by atoms with Crippen LogP contribution in [-0.2, 0) is 0 Å². The van der Waals surface area contributed by atoms with Crippen LogP contribution < -0.4 is 10.9 Å². The summed E-state index contributed by atoms with van der Waals surface area (Å²) in [7, 11) is 0. The van der Waals surface area contributed by atoms with Gasteiger partial charge in [-0.25, -0.2) is 4.98 Å². The summed E-state index contributed by atoms with van der Waals surface area (Å²) in [5.41, 5.74) is 1.20. The van der Waals surface area contributed by atoms with Gasteiger partial charge in [0.2, 0.25) is 0 Å². The van der Waals surface area contributed by atoms with Gasteiger partial charge in [0.05, 0.1) is 16.3 Å². The maximum Gasteiger partial charge on any atom is 0.263 e. The fourth-order valence-electron chi connectivity index (χ4n) is 1.95. The number of aryl methyl sites for hydroxylation is 1. The first-order valence-electron chi connectivity index (χ1n) is 6.53. The number of H-pyrrole nitrogens is 1. The molecule has 0 radical (unpaired) electrons. The number of aromatic amines is 1. The second-order valence-electron chi connectivity index (χ2n) is 4.52.